The SMILES string of the molecule is CCCCCCCCCCCC[N+](C)(CCCCCC)Cc1ccc(-c2ccc(C[N+](C)(CCCCCC)CCCCCCCCCCCC)cc2)cc1. The minimum atomic E-state index is 1.16. The van der Waals surface area contributed by atoms with E-state index < -0.39 is 0 Å². The topological polar surface area (TPSA) is 0 Å². The molecule has 2 aromatic carbocycles. The van der Waals surface area contributed by atoms with Crippen LogP contribution in [0, 0.1) is 0 Å². The molecule has 54 heavy (non-hydrogen) atoms. The van der Waals surface area contributed by atoms with Crippen molar-refractivity contribution < 1.29 is 8.97 Å². The molecular weight excluding hydrogens is 653 g/mol. The summed E-state index contributed by atoms with van der Waals surface area (Å²) >= 11 is 0. The summed E-state index contributed by atoms with van der Waals surface area (Å²) in [6.45, 7) is 16.9. The van der Waals surface area contributed by atoms with Crippen molar-refractivity contribution in [2.75, 3.05) is 40.3 Å². The molecule has 0 bridgehead atoms. The second kappa shape index (κ2) is 31.4. The van der Waals surface area contributed by atoms with Crippen LogP contribution < -0.4 is 0 Å². The van der Waals surface area contributed by atoms with Crippen molar-refractivity contribution in [2.24, 2.45) is 0 Å². The molecule has 2 aromatic rings. The maximum atomic E-state index is 2.54. The van der Waals surface area contributed by atoms with E-state index in [1.54, 1.807) is 0 Å². The van der Waals surface area contributed by atoms with Gasteiger partial charge in [-0.15, -0.1) is 0 Å². The fourth-order valence-electron chi connectivity index (χ4n) is 8.83. The molecule has 0 saturated heterocycles. The van der Waals surface area contributed by atoms with Gasteiger partial charge in [-0.25, -0.2) is 0 Å². The highest BCUT2D eigenvalue weighted by molar-refractivity contribution is 5.63. The lowest BCUT2D eigenvalue weighted by Gasteiger charge is -2.35. The zero-order valence-electron chi connectivity index (χ0n) is 37.6. The zero-order valence-corrected chi connectivity index (χ0v) is 37.6. The van der Waals surface area contributed by atoms with Crippen molar-refractivity contribution in [1.29, 1.82) is 0 Å². The van der Waals surface area contributed by atoms with E-state index in [-0.39, 0.29) is 0 Å². The number of rotatable bonds is 37. The molecule has 0 spiro atoms. The second-order valence-corrected chi connectivity index (χ2v) is 18.3. The van der Waals surface area contributed by atoms with E-state index in [1.807, 2.05) is 0 Å². The van der Waals surface area contributed by atoms with Gasteiger partial charge in [-0.3, -0.25) is 0 Å². The van der Waals surface area contributed by atoms with Gasteiger partial charge in [-0.2, -0.15) is 0 Å². The fraction of sp³-hybridized carbons (Fsp3) is 0.769. The monoisotopic (exact) mass is 747 g/mol. The molecule has 0 aliphatic heterocycles. The summed E-state index contributed by atoms with van der Waals surface area (Å²) in [5.41, 5.74) is 5.73. The molecule has 0 radical (unpaired) electrons. The van der Waals surface area contributed by atoms with E-state index in [1.165, 1.54) is 237 Å². The van der Waals surface area contributed by atoms with Crippen LogP contribution in [0.1, 0.15) is 219 Å². The Balaban J connectivity index is 1.91. The molecule has 0 saturated carbocycles. The average Bonchev–Trinajstić information content (AvgIpc) is 3.17. The molecule has 0 aliphatic carbocycles. The third kappa shape index (κ3) is 23.4. The van der Waals surface area contributed by atoms with E-state index in [9.17, 15) is 0 Å². The van der Waals surface area contributed by atoms with Crippen LogP contribution in [0.5, 0.6) is 0 Å². The predicted molar refractivity (Wildman–Crippen MR) is 243 cm³/mol. The molecule has 310 valence electrons. The highest BCUT2D eigenvalue weighted by Crippen LogP contribution is 2.25. The Kier molecular flexibility index (Phi) is 28.2. The molecule has 2 nitrogen and oxygen atoms in total. The maximum Gasteiger partial charge on any atom is 0.104 e. The Morgan fingerprint density at radius 3 is 0.722 bits per heavy atom. The summed E-state index contributed by atoms with van der Waals surface area (Å²) in [5, 5.41) is 0. The number of quaternary nitrogens is 2. The smallest absolute Gasteiger partial charge is 0.104 e. The lowest BCUT2D eigenvalue weighted by molar-refractivity contribution is -0.923. The van der Waals surface area contributed by atoms with Crippen molar-refractivity contribution in [3.63, 3.8) is 0 Å². The molecule has 2 unspecified atom stereocenters. The first kappa shape index (κ1) is 48.5. The summed E-state index contributed by atoms with van der Waals surface area (Å²) in [7, 11) is 5.08. The van der Waals surface area contributed by atoms with Gasteiger partial charge >= 0.3 is 0 Å². The average molecular weight is 747 g/mol. The van der Waals surface area contributed by atoms with Gasteiger partial charge in [0.1, 0.15) is 13.1 Å². The van der Waals surface area contributed by atoms with E-state index in [4.69, 9.17) is 0 Å². The lowest BCUT2D eigenvalue weighted by atomic mass is 10.0. The Hall–Kier alpha value is -1.64. The van der Waals surface area contributed by atoms with Crippen LogP contribution in [0.25, 0.3) is 11.1 Å². The molecule has 0 aromatic heterocycles. The van der Waals surface area contributed by atoms with Gasteiger partial charge in [0, 0.05) is 11.1 Å². The Labute approximate surface area is 339 Å². The summed E-state index contributed by atoms with van der Waals surface area (Å²) < 4.78 is 2.40. The van der Waals surface area contributed by atoms with Gasteiger partial charge in [-0.1, -0.05) is 205 Å². The van der Waals surface area contributed by atoms with Crippen molar-refractivity contribution >= 4 is 0 Å². The van der Waals surface area contributed by atoms with Crippen LogP contribution >= 0.6 is 0 Å². The summed E-state index contributed by atoms with van der Waals surface area (Å²) in [4.78, 5) is 0. The summed E-state index contributed by atoms with van der Waals surface area (Å²) in [5.74, 6) is 0. The molecule has 2 atom stereocenters. The Morgan fingerprint density at radius 2 is 0.481 bits per heavy atom. The molecular formula is C52H94N2+2. The zero-order chi connectivity index (χ0) is 39.0. The number of hydrogen-bond acceptors (Lipinski definition) is 0. The van der Waals surface area contributed by atoms with Gasteiger partial charge in [0.25, 0.3) is 0 Å². The van der Waals surface area contributed by atoms with Crippen LogP contribution in [0.2, 0.25) is 0 Å². The van der Waals surface area contributed by atoms with Crippen molar-refractivity contribution in [2.45, 2.75) is 221 Å². The fourth-order valence-corrected chi connectivity index (χ4v) is 8.83. The largest absolute Gasteiger partial charge is 0.322 e. The highest BCUT2D eigenvalue weighted by atomic mass is 15.3. The maximum absolute atomic E-state index is 2.54. The summed E-state index contributed by atoms with van der Waals surface area (Å²) in [6, 6.07) is 19.3. The third-order valence-corrected chi connectivity index (χ3v) is 12.6. The number of benzene rings is 2. The van der Waals surface area contributed by atoms with Crippen LogP contribution in [0.3, 0.4) is 0 Å². The third-order valence-electron chi connectivity index (χ3n) is 12.6. The summed E-state index contributed by atoms with van der Waals surface area (Å²) in [6.07, 6.45) is 39.3. The quantitative estimate of drug-likeness (QED) is 0.0477. The minimum absolute atomic E-state index is 1.16. The standard InChI is InChI=1S/C52H94N2/c1-7-11-15-19-21-23-25-27-29-33-45-53(5,43-31-17-13-9-3)47-49-35-39-51(40-36-49)52-41-37-50(38-42-52)48-54(6,44-32-18-14-10-4)46-34-30-28-26-24-22-20-16-12-8-2/h35-42H,7-34,43-48H2,1-6H3/q+2. The first-order valence-electron chi connectivity index (χ1n) is 24.2. The lowest BCUT2D eigenvalue weighted by Crippen LogP contribution is -2.44. The Morgan fingerprint density at radius 1 is 0.278 bits per heavy atom. The molecule has 0 N–H and O–H groups in total. The number of hydrogen-bond donors (Lipinski definition) is 0. The Bertz CT molecular complexity index is 1020. The van der Waals surface area contributed by atoms with Gasteiger partial charge in [0.15, 0.2) is 0 Å². The number of unbranched alkanes of at least 4 members (excludes halogenated alkanes) is 24. The molecule has 0 heterocycles. The number of nitrogens with zero attached hydrogens (tertiary/aromatic N) is 2. The van der Waals surface area contributed by atoms with E-state index >= 15 is 0 Å². The van der Waals surface area contributed by atoms with Crippen LogP contribution in [0.15, 0.2) is 48.5 Å². The molecule has 0 amide bonds. The van der Waals surface area contributed by atoms with Crippen molar-refractivity contribution in [3.8, 4) is 11.1 Å². The normalized spacial score (nSPS) is 14.0. The minimum Gasteiger partial charge on any atom is -0.322 e. The van der Waals surface area contributed by atoms with Gasteiger partial charge in [0.2, 0.25) is 0 Å². The van der Waals surface area contributed by atoms with Gasteiger partial charge in [-0.05, 0) is 62.5 Å². The molecule has 2 rings (SSSR count). The highest BCUT2D eigenvalue weighted by Gasteiger charge is 2.23. The van der Waals surface area contributed by atoms with E-state index in [0.29, 0.717) is 0 Å². The molecule has 0 fully saturated rings. The van der Waals surface area contributed by atoms with E-state index in [0.717, 1.165) is 13.1 Å². The predicted octanol–water partition coefficient (Wildman–Crippen LogP) is 16.2. The molecule has 0 aliphatic rings. The van der Waals surface area contributed by atoms with E-state index in [2.05, 4.69) is 90.3 Å². The van der Waals surface area contributed by atoms with Crippen LogP contribution in [0.4, 0.5) is 0 Å². The first-order valence-corrected chi connectivity index (χ1v) is 24.2. The first-order chi connectivity index (χ1) is 26.4. The van der Waals surface area contributed by atoms with Crippen molar-refractivity contribution in [3.05, 3.63) is 59.7 Å². The molecule has 2 heteroatoms. The van der Waals surface area contributed by atoms with Gasteiger partial charge < -0.3 is 8.97 Å². The van der Waals surface area contributed by atoms with Gasteiger partial charge in [0.05, 0.1) is 40.3 Å². The van der Waals surface area contributed by atoms with Crippen LogP contribution in [-0.4, -0.2) is 49.2 Å². The van der Waals surface area contributed by atoms with Crippen molar-refractivity contribution in [1.82, 2.24) is 0 Å². The second-order valence-electron chi connectivity index (χ2n) is 18.3. The van der Waals surface area contributed by atoms with Crippen LogP contribution in [-0.2, 0) is 13.1 Å².